The van der Waals surface area contributed by atoms with E-state index in [-0.39, 0.29) is 17.7 Å². The molecule has 9 heteroatoms. The molecule has 4 aromatic rings. The van der Waals surface area contributed by atoms with Gasteiger partial charge in [-0.05, 0) is 64.3 Å². The average Bonchev–Trinajstić information content (AvgIpc) is 3.28. The zero-order valence-electron chi connectivity index (χ0n) is 18.7. The zero-order chi connectivity index (χ0) is 22.7. The Morgan fingerprint density at radius 1 is 1.25 bits per heavy atom. The highest BCUT2D eigenvalue weighted by Gasteiger charge is 2.39. The molecule has 0 radical (unpaired) electrons. The second kappa shape index (κ2) is 7.60. The lowest BCUT2D eigenvalue weighted by Crippen LogP contribution is -2.54. The smallest absolute Gasteiger partial charge is 0.192 e. The number of benzene rings is 1. The maximum Gasteiger partial charge on any atom is 0.192 e. The van der Waals surface area contributed by atoms with Gasteiger partial charge in [0.25, 0.3) is 0 Å². The number of nitrogens with one attached hydrogen (secondary N) is 1. The number of thiophene rings is 1. The van der Waals surface area contributed by atoms with Gasteiger partial charge in [-0.2, -0.15) is 0 Å². The van der Waals surface area contributed by atoms with Crippen molar-refractivity contribution in [2.75, 3.05) is 0 Å². The van der Waals surface area contributed by atoms with E-state index in [0.29, 0.717) is 5.82 Å². The Morgan fingerprint density at radius 2 is 2.00 bits per heavy atom. The van der Waals surface area contributed by atoms with Gasteiger partial charge in [0, 0.05) is 20.4 Å². The van der Waals surface area contributed by atoms with Crippen molar-refractivity contribution in [2.24, 2.45) is 5.16 Å². The van der Waals surface area contributed by atoms with Crippen molar-refractivity contribution >= 4 is 48.8 Å². The van der Waals surface area contributed by atoms with Gasteiger partial charge < -0.3 is 10.2 Å². The number of halogens is 1. The van der Waals surface area contributed by atoms with E-state index in [1.807, 2.05) is 31.2 Å². The Balaban J connectivity index is 1.47. The van der Waals surface area contributed by atoms with Crippen LogP contribution in [0.2, 0.25) is 0 Å². The zero-order valence-corrected chi connectivity index (χ0v) is 21.1. The van der Waals surface area contributed by atoms with Gasteiger partial charge >= 0.3 is 0 Å². The quantitative estimate of drug-likeness (QED) is 0.300. The minimum atomic E-state index is -0.120. The third-order valence-corrected chi connectivity index (χ3v) is 7.66. The minimum absolute atomic E-state index is 0.0113. The number of hydrogen-bond acceptors (Lipinski definition) is 7. The summed E-state index contributed by atoms with van der Waals surface area (Å²) in [5, 5.41) is 13.7. The molecule has 0 aliphatic carbocycles. The molecule has 0 spiro atoms. The summed E-state index contributed by atoms with van der Waals surface area (Å²) in [6.07, 6.45) is 2.65. The highest BCUT2D eigenvalue weighted by atomic mass is 79.9. The first kappa shape index (κ1) is 21.5. The van der Waals surface area contributed by atoms with Crippen LogP contribution >= 0.6 is 27.3 Å². The fourth-order valence-electron chi connectivity index (χ4n) is 4.55. The van der Waals surface area contributed by atoms with Crippen molar-refractivity contribution in [3.63, 3.8) is 0 Å². The van der Waals surface area contributed by atoms with Gasteiger partial charge in [-0.3, -0.25) is 0 Å². The van der Waals surface area contributed by atoms with Crippen molar-refractivity contribution < 1.29 is 4.84 Å². The lowest BCUT2D eigenvalue weighted by atomic mass is 9.82. The van der Waals surface area contributed by atoms with Crippen LogP contribution in [0.5, 0.6) is 0 Å². The molecule has 0 atom stereocenters. The first-order valence-corrected chi connectivity index (χ1v) is 12.1. The van der Waals surface area contributed by atoms with Crippen molar-refractivity contribution in [2.45, 2.75) is 58.7 Å². The van der Waals surface area contributed by atoms with Gasteiger partial charge in [-0.1, -0.05) is 33.2 Å². The third kappa shape index (κ3) is 3.82. The number of hydrogen-bond donors (Lipinski definition) is 1. The molecule has 0 saturated heterocycles. The molecule has 1 aromatic carbocycles. The Labute approximate surface area is 199 Å². The number of nitrogens with zero attached hydrogens (tertiary/aromatic N) is 5. The third-order valence-electron chi connectivity index (χ3n) is 5.67. The Bertz CT molecular complexity index is 1350. The van der Waals surface area contributed by atoms with Gasteiger partial charge in [0.15, 0.2) is 18.1 Å². The van der Waals surface area contributed by atoms with Crippen LogP contribution in [-0.2, 0) is 23.4 Å². The van der Waals surface area contributed by atoms with E-state index in [1.165, 1.54) is 10.4 Å². The van der Waals surface area contributed by atoms with Gasteiger partial charge in [-0.15, -0.1) is 16.4 Å². The summed E-state index contributed by atoms with van der Waals surface area (Å²) >= 11 is 5.19. The fourth-order valence-corrected chi connectivity index (χ4v) is 6.03. The lowest BCUT2D eigenvalue weighted by Gasteiger charge is -2.42. The molecule has 4 heterocycles. The number of fused-ring (bicyclic) bond motifs is 5. The van der Waals surface area contributed by atoms with Crippen LogP contribution in [0.3, 0.4) is 0 Å². The van der Waals surface area contributed by atoms with Crippen LogP contribution in [0, 0.1) is 0 Å². The minimum Gasteiger partial charge on any atom is -0.387 e. The number of oxime groups is 1. The summed E-state index contributed by atoms with van der Waals surface area (Å²) in [7, 11) is 0. The summed E-state index contributed by atoms with van der Waals surface area (Å²) in [6.45, 7) is 11.1. The van der Waals surface area contributed by atoms with Crippen LogP contribution in [-0.4, -0.2) is 30.8 Å². The van der Waals surface area contributed by atoms with Crippen LogP contribution in [0.25, 0.3) is 15.9 Å². The van der Waals surface area contributed by atoms with E-state index in [4.69, 9.17) is 9.82 Å². The van der Waals surface area contributed by atoms with E-state index in [1.54, 1.807) is 22.2 Å². The summed E-state index contributed by atoms with van der Waals surface area (Å²) < 4.78 is 2.78. The summed E-state index contributed by atoms with van der Waals surface area (Å²) in [6, 6.07) is 7.95. The number of aromatic nitrogens is 4. The van der Waals surface area contributed by atoms with Crippen LogP contribution in [0.1, 0.15) is 56.4 Å². The second-order valence-corrected chi connectivity index (χ2v) is 11.3. The summed E-state index contributed by atoms with van der Waals surface area (Å²) in [5.41, 5.74) is 3.82. The second-order valence-electron chi connectivity index (χ2n) is 9.40. The molecule has 1 aliphatic rings. The summed E-state index contributed by atoms with van der Waals surface area (Å²) in [5.74, 6) is 0.582. The Hall–Kier alpha value is -2.36. The van der Waals surface area contributed by atoms with Gasteiger partial charge in [0.1, 0.15) is 11.2 Å². The maximum absolute atomic E-state index is 5.58. The molecular formula is C23H25BrN6OS. The van der Waals surface area contributed by atoms with Crippen molar-refractivity contribution in [1.29, 1.82) is 0 Å². The SMILES string of the molecule is C/C(=N\OCc1nc2c3c4c(sc3ncn2n1)C(C)(C)NC(C)(C)C4)c1ccc(Br)cc1. The standard InChI is InChI=1S/C23H25BrN6OS/c1-13(14-6-8-15(24)9-7-14)28-31-11-17-26-20-18-16-10-22(2,3)29-23(4,5)19(16)32-21(18)25-12-30(20)27-17/h6-9,12,29H,10-11H2,1-5H3/b28-13+. The van der Waals surface area contributed by atoms with Crippen molar-refractivity contribution in [1.82, 2.24) is 24.9 Å². The summed E-state index contributed by atoms with van der Waals surface area (Å²) in [4.78, 5) is 17.4. The topological polar surface area (TPSA) is 76.7 Å². The van der Waals surface area contributed by atoms with E-state index < -0.39 is 0 Å². The van der Waals surface area contributed by atoms with E-state index >= 15 is 0 Å². The molecule has 0 amide bonds. The molecule has 166 valence electrons. The van der Waals surface area contributed by atoms with E-state index in [2.05, 4.69) is 64.2 Å². The fraction of sp³-hybridized carbons (Fsp3) is 0.391. The molecule has 32 heavy (non-hydrogen) atoms. The highest BCUT2D eigenvalue weighted by molar-refractivity contribution is 9.10. The molecule has 3 aromatic heterocycles. The van der Waals surface area contributed by atoms with E-state index in [0.717, 1.165) is 38.0 Å². The molecule has 0 unspecified atom stereocenters. The van der Waals surface area contributed by atoms with Crippen LogP contribution < -0.4 is 5.32 Å². The molecular weight excluding hydrogens is 488 g/mol. The molecule has 0 fully saturated rings. The normalized spacial score (nSPS) is 17.6. The average molecular weight is 513 g/mol. The Morgan fingerprint density at radius 3 is 2.75 bits per heavy atom. The first-order valence-electron chi connectivity index (χ1n) is 10.5. The first-order chi connectivity index (χ1) is 15.1. The lowest BCUT2D eigenvalue weighted by molar-refractivity contribution is 0.125. The van der Waals surface area contributed by atoms with Gasteiger partial charge in [0.2, 0.25) is 0 Å². The van der Waals surface area contributed by atoms with Crippen molar-refractivity contribution in [3.8, 4) is 0 Å². The van der Waals surface area contributed by atoms with Gasteiger partial charge in [0.05, 0.1) is 11.1 Å². The molecule has 5 rings (SSSR count). The number of rotatable bonds is 4. The van der Waals surface area contributed by atoms with Crippen LogP contribution in [0.15, 0.2) is 40.2 Å². The Kier molecular flexibility index (Phi) is 5.11. The predicted molar refractivity (Wildman–Crippen MR) is 131 cm³/mol. The van der Waals surface area contributed by atoms with Crippen molar-refractivity contribution in [3.05, 3.63) is 56.9 Å². The largest absolute Gasteiger partial charge is 0.387 e. The van der Waals surface area contributed by atoms with Gasteiger partial charge in [-0.25, -0.2) is 14.5 Å². The molecule has 1 N–H and O–H groups in total. The highest BCUT2D eigenvalue weighted by Crippen LogP contribution is 2.44. The maximum atomic E-state index is 5.58. The molecule has 7 nitrogen and oxygen atoms in total. The predicted octanol–water partition coefficient (Wildman–Crippen LogP) is 5.20. The van der Waals surface area contributed by atoms with E-state index in [9.17, 15) is 0 Å². The van der Waals surface area contributed by atoms with Crippen LogP contribution in [0.4, 0.5) is 0 Å². The molecule has 0 bridgehead atoms. The molecule has 1 aliphatic heterocycles. The molecule has 0 saturated carbocycles. The monoisotopic (exact) mass is 512 g/mol.